The molecule has 5 heteroatoms. The molecule has 5 nitrogen and oxygen atoms in total. The monoisotopic (exact) mass is 329 g/mol. The van der Waals surface area contributed by atoms with E-state index in [0.29, 0.717) is 18.8 Å². The summed E-state index contributed by atoms with van der Waals surface area (Å²) in [7, 11) is 0. The van der Waals surface area contributed by atoms with Gasteiger partial charge in [0.2, 0.25) is 0 Å². The molecular weight excluding hydrogens is 310 g/mol. The standard InChI is InChI=1S/C20H19N5/c1-2-16-5-7-17(8-6-16)14-25(15-18-4-3-11-22-13-18)20-10-9-19(12-21)23-24-20/h3-11,13H,2,14-15H2,1H3. The first-order valence-corrected chi connectivity index (χ1v) is 8.24. The van der Waals surface area contributed by atoms with Crippen LogP contribution in [0.15, 0.2) is 60.9 Å². The lowest BCUT2D eigenvalue weighted by molar-refractivity contribution is 0.765. The molecule has 3 aromatic rings. The van der Waals surface area contributed by atoms with Crippen LogP contribution >= 0.6 is 0 Å². The Morgan fingerprint density at radius 3 is 2.28 bits per heavy atom. The fraction of sp³-hybridized carbons (Fsp3) is 0.200. The Morgan fingerprint density at radius 1 is 0.920 bits per heavy atom. The van der Waals surface area contributed by atoms with E-state index in [1.807, 2.05) is 30.5 Å². The first kappa shape index (κ1) is 16.6. The molecule has 3 rings (SSSR count). The molecular formula is C20H19N5. The maximum Gasteiger partial charge on any atom is 0.163 e. The Bertz CT molecular complexity index is 836. The van der Waals surface area contributed by atoms with Crippen LogP contribution in [0.5, 0.6) is 0 Å². The lowest BCUT2D eigenvalue weighted by Gasteiger charge is -2.23. The van der Waals surface area contributed by atoms with Gasteiger partial charge in [0.1, 0.15) is 6.07 Å². The molecule has 0 fully saturated rings. The van der Waals surface area contributed by atoms with Crippen molar-refractivity contribution in [2.45, 2.75) is 26.4 Å². The predicted molar refractivity (Wildman–Crippen MR) is 96.7 cm³/mol. The Kier molecular flexibility index (Phi) is 5.32. The number of nitrogens with zero attached hydrogens (tertiary/aromatic N) is 5. The minimum absolute atomic E-state index is 0.317. The van der Waals surface area contributed by atoms with Crippen molar-refractivity contribution in [3.8, 4) is 6.07 Å². The number of benzene rings is 1. The minimum Gasteiger partial charge on any atom is -0.346 e. The van der Waals surface area contributed by atoms with Crippen LogP contribution in [0.1, 0.15) is 29.3 Å². The van der Waals surface area contributed by atoms with Crippen LogP contribution in [0.4, 0.5) is 5.82 Å². The third kappa shape index (κ3) is 4.39. The molecule has 0 atom stereocenters. The highest BCUT2D eigenvalue weighted by molar-refractivity contribution is 5.41. The number of anilines is 1. The molecule has 2 heterocycles. The molecule has 1 aromatic carbocycles. The highest BCUT2D eigenvalue weighted by Gasteiger charge is 2.11. The van der Waals surface area contributed by atoms with E-state index in [-0.39, 0.29) is 0 Å². The van der Waals surface area contributed by atoms with Gasteiger partial charge in [0.15, 0.2) is 11.5 Å². The average Bonchev–Trinajstić information content (AvgIpc) is 2.69. The first-order valence-electron chi connectivity index (χ1n) is 8.24. The number of aromatic nitrogens is 3. The zero-order valence-electron chi connectivity index (χ0n) is 14.1. The van der Waals surface area contributed by atoms with Crippen molar-refractivity contribution in [1.82, 2.24) is 15.2 Å². The normalized spacial score (nSPS) is 10.2. The molecule has 0 N–H and O–H groups in total. The second-order valence-electron chi connectivity index (χ2n) is 5.78. The molecule has 0 aliphatic rings. The van der Waals surface area contributed by atoms with E-state index in [0.717, 1.165) is 17.8 Å². The summed E-state index contributed by atoms with van der Waals surface area (Å²) in [6.07, 6.45) is 4.64. The van der Waals surface area contributed by atoms with Crippen molar-refractivity contribution in [3.05, 3.63) is 83.3 Å². The van der Waals surface area contributed by atoms with Crippen LogP contribution in [-0.4, -0.2) is 15.2 Å². The second-order valence-corrected chi connectivity index (χ2v) is 5.78. The van der Waals surface area contributed by atoms with Gasteiger partial charge in [-0.1, -0.05) is 37.3 Å². The second kappa shape index (κ2) is 8.02. The number of nitriles is 1. The van der Waals surface area contributed by atoms with E-state index in [1.165, 1.54) is 11.1 Å². The highest BCUT2D eigenvalue weighted by atomic mass is 15.3. The van der Waals surface area contributed by atoms with Gasteiger partial charge in [-0.3, -0.25) is 4.98 Å². The Balaban J connectivity index is 1.85. The van der Waals surface area contributed by atoms with Crippen LogP contribution in [0, 0.1) is 11.3 Å². The van der Waals surface area contributed by atoms with Crippen LogP contribution in [-0.2, 0) is 19.5 Å². The predicted octanol–water partition coefficient (Wildman–Crippen LogP) is 3.51. The van der Waals surface area contributed by atoms with Crippen molar-refractivity contribution in [2.75, 3.05) is 4.90 Å². The van der Waals surface area contributed by atoms with Gasteiger partial charge >= 0.3 is 0 Å². The number of aryl methyl sites for hydroxylation is 1. The van der Waals surface area contributed by atoms with Crippen LogP contribution < -0.4 is 4.90 Å². The van der Waals surface area contributed by atoms with Crippen molar-refractivity contribution >= 4 is 5.82 Å². The third-order valence-electron chi connectivity index (χ3n) is 3.99. The van der Waals surface area contributed by atoms with E-state index in [1.54, 1.807) is 12.3 Å². The number of hydrogen-bond acceptors (Lipinski definition) is 5. The zero-order chi connectivity index (χ0) is 17.5. The maximum absolute atomic E-state index is 8.91. The summed E-state index contributed by atoms with van der Waals surface area (Å²) < 4.78 is 0. The largest absolute Gasteiger partial charge is 0.346 e. The van der Waals surface area contributed by atoms with E-state index in [2.05, 4.69) is 51.3 Å². The fourth-order valence-electron chi connectivity index (χ4n) is 2.58. The molecule has 0 aliphatic heterocycles. The summed E-state index contributed by atoms with van der Waals surface area (Å²) >= 11 is 0. The van der Waals surface area contributed by atoms with Crippen LogP contribution in [0.3, 0.4) is 0 Å². The molecule has 0 amide bonds. The lowest BCUT2D eigenvalue weighted by Crippen LogP contribution is -2.23. The number of pyridine rings is 1. The van der Waals surface area contributed by atoms with E-state index >= 15 is 0 Å². The van der Waals surface area contributed by atoms with Gasteiger partial charge in [0.25, 0.3) is 0 Å². The van der Waals surface area contributed by atoms with Gasteiger partial charge in [0, 0.05) is 25.5 Å². The number of hydrogen-bond donors (Lipinski definition) is 0. The fourth-order valence-corrected chi connectivity index (χ4v) is 2.58. The van der Waals surface area contributed by atoms with Gasteiger partial charge in [-0.2, -0.15) is 5.26 Å². The van der Waals surface area contributed by atoms with Gasteiger partial charge in [0.05, 0.1) is 0 Å². The summed E-state index contributed by atoms with van der Waals surface area (Å²) in [4.78, 5) is 6.31. The molecule has 25 heavy (non-hydrogen) atoms. The molecule has 0 spiro atoms. The van der Waals surface area contributed by atoms with Crippen molar-refractivity contribution < 1.29 is 0 Å². The third-order valence-corrected chi connectivity index (χ3v) is 3.99. The lowest BCUT2D eigenvalue weighted by atomic mass is 10.1. The van der Waals surface area contributed by atoms with Gasteiger partial charge < -0.3 is 4.90 Å². The summed E-state index contributed by atoms with van der Waals surface area (Å²) in [6, 6.07) is 18.1. The van der Waals surface area contributed by atoms with Crippen molar-refractivity contribution in [3.63, 3.8) is 0 Å². The summed E-state index contributed by atoms with van der Waals surface area (Å²) in [5.74, 6) is 0.738. The highest BCUT2D eigenvalue weighted by Crippen LogP contribution is 2.18. The van der Waals surface area contributed by atoms with Gasteiger partial charge in [-0.25, -0.2) is 0 Å². The Hall–Kier alpha value is -3.26. The molecule has 0 saturated carbocycles. The molecule has 124 valence electrons. The average molecular weight is 329 g/mol. The van der Waals surface area contributed by atoms with Crippen LogP contribution in [0.25, 0.3) is 0 Å². The Morgan fingerprint density at radius 2 is 1.68 bits per heavy atom. The van der Waals surface area contributed by atoms with Crippen molar-refractivity contribution in [2.24, 2.45) is 0 Å². The smallest absolute Gasteiger partial charge is 0.163 e. The number of rotatable bonds is 6. The topological polar surface area (TPSA) is 65.7 Å². The first-order chi connectivity index (χ1) is 12.3. The van der Waals surface area contributed by atoms with Crippen molar-refractivity contribution in [1.29, 1.82) is 5.26 Å². The summed E-state index contributed by atoms with van der Waals surface area (Å²) in [5.41, 5.74) is 3.93. The quantitative estimate of drug-likeness (QED) is 0.692. The molecule has 0 bridgehead atoms. The molecule has 0 saturated heterocycles. The zero-order valence-corrected chi connectivity index (χ0v) is 14.1. The van der Waals surface area contributed by atoms with E-state index in [4.69, 9.17) is 5.26 Å². The van der Waals surface area contributed by atoms with Gasteiger partial charge in [-0.05, 0) is 41.3 Å². The minimum atomic E-state index is 0.317. The summed E-state index contributed by atoms with van der Waals surface area (Å²) in [6.45, 7) is 3.53. The molecule has 0 unspecified atom stereocenters. The molecule has 0 aliphatic carbocycles. The van der Waals surface area contributed by atoms with Gasteiger partial charge in [-0.15, -0.1) is 10.2 Å². The van der Waals surface area contributed by atoms with E-state index in [9.17, 15) is 0 Å². The SMILES string of the molecule is CCc1ccc(CN(Cc2cccnc2)c2ccc(C#N)nn2)cc1. The maximum atomic E-state index is 8.91. The Labute approximate surface area is 147 Å². The van der Waals surface area contributed by atoms with Crippen LogP contribution in [0.2, 0.25) is 0 Å². The summed E-state index contributed by atoms with van der Waals surface area (Å²) in [5, 5.41) is 17.1. The molecule has 2 aromatic heterocycles. The van der Waals surface area contributed by atoms with E-state index < -0.39 is 0 Å². The molecule has 0 radical (unpaired) electrons.